The summed E-state index contributed by atoms with van der Waals surface area (Å²) in [7, 11) is -0.152. The maximum absolute atomic E-state index is 5.39. The molecular weight excluding hydrogens is 311 g/mol. The van der Waals surface area contributed by atoms with Gasteiger partial charge in [-0.25, -0.2) is 0 Å². The van der Waals surface area contributed by atoms with Gasteiger partial charge in [0.05, 0.1) is 0 Å². The van der Waals surface area contributed by atoms with E-state index < -0.39 is 7.26 Å². The Bertz CT molecular complexity index is 649. The standard InChI is InChI=1S/C22H27OP/c1-23-18-11-19-24(20-12-5-2-6-13-20,21-14-7-3-8-15-21)22-16-9-4-10-17-22/h2-9,12-16,24H,10-11,17-19H2,1H3. The molecule has 0 aromatic heterocycles. The topological polar surface area (TPSA) is 9.23 Å². The molecule has 0 aliphatic heterocycles. The summed E-state index contributed by atoms with van der Waals surface area (Å²) in [6.07, 6.45) is 11.6. The van der Waals surface area contributed by atoms with Crippen LogP contribution in [0.4, 0.5) is 0 Å². The van der Waals surface area contributed by atoms with Crippen LogP contribution in [-0.4, -0.2) is 19.9 Å². The van der Waals surface area contributed by atoms with E-state index in [1.54, 1.807) is 12.4 Å². The molecule has 126 valence electrons. The van der Waals surface area contributed by atoms with Gasteiger partial charge in [0.25, 0.3) is 0 Å². The predicted octanol–water partition coefficient (Wildman–Crippen LogP) is 4.66. The number of rotatable bonds is 7. The quantitative estimate of drug-likeness (QED) is 0.527. The molecule has 3 rings (SSSR count). The van der Waals surface area contributed by atoms with E-state index in [-0.39, 0.29) is 0 Å². The van der Waals surface area contributed by atoms with Gasteiger partial charge in [-0.2, -0.15) is 0 Å². The molecule has 0 N–H and O–H groups in total. The van der Waals surface area contributed by atoms with Gasteiger partial charge in [-0.05, 0) is 0 Å². The summed E-state index contributed by atoms with van der Waals surface area (Å²) >= 11 is 0. The first-order valence-electron chi connectivity index (χ1n) is 8.84. The SMILES string of the molecule is COCCC[PH](C1=CC=CCC1)(c1ccccc1)c1ccccc1. The minimum atomic E-state index is -1.95. The fraction of sp³-hybridized carbons (Fsp3) is 0.273. The van der Waals surface area contributed by atoms with E-state index in [0.29, 0.717) is 0 Å². The predicted molar refractivity (Wildman–Crippen MR) is 108 cm³/mol. The Kier molecular flexibility index (Phi) is 6.01. The summed E-state index contributed by atoms with van der Waals surface area (Å²) in [6.45, 7) is 0.831. The van der Waals surface area contributed by atoms with Crippen LogP contribution in [0.5, 0.6) is 0 Å². The summed E-state index contributed by atoms with van der Waals surface area (Å²) < 4.78 is 5.39. The molecule has 2 heteroatoms. The van der Waals surface area contributed by atoms with Gasteiger partial charge >= 0.3 is 146 Å². The van der Waals surface area contributed by atoms with Crippen molar-refractivity contribution in [1.29, 1.82) is 0 Å². The average molecular weight is 338 g/mol. The van der Waals surface area contributed by atoms with Crippen molar-refractivity contribution in [3.63, 3.8) is 0 Å². The van der Waals surface area contributed by atoms with E-state index in [4.69, 9.17) is 4.74 Å². The second kappa shape index (κ2) is 8.42. The maximum atomic E-state index is 5.39. The number of ether oxygens (including phenoxy) is 1. The third-order valence-electron chi connectivity index (χ3n) is 5.00. The third kappa shape index (κ3) is 3.53. The van der Waals surface area contributed by atoms with Crippen LogP contribution in [0.1, 0.15) is 19.3 Å². The van der Waals surface area contributed by atoms with Crippen molar-refractivity contribution in [3.8, 4) is 0 Å². The van der Waals surface area contributed by atoms with Gasteiger partial charge in [0.1, 0.15) is 0 Å². The summed E-state index contributed by atoms with van der Waals surface area (Å²) in [6, 6.07) is 22.4. The molecule has 1 nitrogen and oxygen atoms in total. The van der Waals surface area contributed by atoms with Gasteiger partial charge in [-0.15, -0.1) is 0 Å². The summed E-state index contributed by atoms with van der Waals surface area (Å²) in [5, 5.41) is 4.70. The zero-order valence-corrected chi connectivity index (χ0v) is 15.4. The van der Waals surface area contributed by atoms with Gasteiger partial charge < -0.3 is 0 Å². The molecule has 2 aromatic carbocycles. The summed E-state index contributed by atoms with van der Waals surface area (Å²) in [5.41, 5.74) is 0. The van der Waals surface area contributed by atoms with Crippen LogP contribution < -0.4 is 10.6 Å². The summed E-state index contributed by atoms with van der Waals surface area (Å²) in [4.78, 5) is 0. The Morgan fingerprint density at radius 1 is 0.917 bits per heavy atom. The van der Waals surface area contributed by atoms with Crippen molar-refractivity contribution in [3.05, 3.63) is 84.2 Å². The third-order valence-corrected chi connectivity index (χ3v) is 10.2. The molecule has 0 heterocycles. The van der Waals surface area contributed by atoms with Crippen molar-refractivity contribution in [2.45, 2.75) is 19.3 Å². The van der Waals surface area contributed by atoms with Crippen molar-refractivity contribution in [1.82, 2.24) is 0 Å². The molecule has 0 unspecified atom stereocenters. The second-order valence-electron chi connectivity index (χ2n) is 6.39. The van der Waals surface area contributed by atoms with Crippen molar-refractivity contribution >= 4 is 17.9 Å². The van der Waals surface area contributed by atoms with Gasteiger partial charge in [-0.3, -0.25) is 0 Å². The fourth-order valence-corrected chi connectivity index (χ4v) is 8.99. The molecule has 1 aliphatic rings. The first kappa shape index (κ1) is 17.1. The molecule has 0 fully saturated rings. The second-order valence-corrected chi connectivity index (χ2v) is 10.5. The van der Waals surface area contributed by atoms with Crippen LogP contribution in [0.15, 0.2) is 84.2 Å². The van der Waals surface area contributed by atoms with Gasteiger partial charge in [-0.1, -0.05) is 0 Å². The van der Waals surface area contributed by atoms with Crippen molar-refractivity contribution < 1.29 is 4.74 Å². The van der Waals surface area contributed by atoms with E-state index in [0.717, 1.165) is 19.4 Å². The van der Waals surface area contributed by atoms with E-state index in [1.165, 1.54) is 23.2 Å². The van der Waals surface area contributed by atoms with Crippen LogP contribution in [0, 0.1) is 0 Å². The van der Waals surface area contributed by atoms with Crippen LogP contribution in [-0.2, 0) is 4.74 Å². The number of allylic oxidation sites excluding steroid dienone is 4. The average Bonchev–Trinajstić information content (AvgIpc) is 2.68. The Hall–Kier alpha value is -1.69. The summed E-state index contributed by atoms with van der Waals surface area (Å²) in [5.74, 6) is 0. The molecule has 2 aromatic rings. The van der Waals surface area contributed by atoms with E-state index >= 15 is 0 Å². The van der Waals surface area contributed by atoms with E-state index in [1.807, 2.05) is 0 Å². The monoisotopic (exact) mass is 338 g/mol. The molecule has 0 saturated carbocycles. The molecular formula is C22H27OP. The Balaban J connectivity index is 2.15. The van der Waals surface area contributed by atoms with Crippen LogP contribution in [0.3, 0.4) is 0 Å². The molecule has 0 amide bonds. The molecule has 24 heavy (non-hydrogen) atoms. The van der Waals surface area contributed by atoms with E-state index in [2.05, 4.69) is 78.9 Å². The molecule has 0 atom stereocenters. The van der Waals surface area contributed by atoms with Gasteiger partial charge in [0, 0.05) is 0 Å². The number of benzene rings is 2. The number of hydrogen-bond donors (Lipinski definition) is 0. The Morgan fingerprint density at radius 2 is 1.54 bits per heavy atom. The Labute approximate surface area is 146 Å². The molecule has 1 aliphatic carbocycles. The molecule has 0 spiro atoms. The first-order chi connectivity index (χ1) is 11.9. The first-order valence-corrected chi connectivity index (χ1v) is 11.0. The van der Waals surface area contributed by atoms with Gasteiger partial charge in [0.2, 0.25) is 0 Å². The van der Waals surface area contributed by atoms with Crippen LogP contribution in [0.2, 0.25) is 0 Å². The molecule has 0 radical (unpaired) electrons. The zero-order valence-electron chi connectivity index (χ0n) is 14.4. The van der Waals surface area contributed by atoms with Gasteiger partial charge in [0.15, 0.2) is 0 Å². The Morgan fingerprint density at radius 3 is 2.04 bits per heavy atom. The zero-order chi connectivity index (χ0) is 16.7. The van der Waals surface area contributed by atoms with E-state index in [9.17, 15) is 0 Å². The fourth-order valence-electron chi connectivity index (χ4n) is 3.87. The van der Waals surface area contributed by atoms with Crippen molar-refractivity contribution in [2.24, 2.45) is 0 Å². The normalized spacial score (nSPS) is 15.1. The number of hydrogen-bond acceptors (Lipinski definition) is 1. The number of methoxy groups -OCH3 is 1. The minimum absolute atomic E-state index is 0.831. The van der Waals surface area contributed by atoms with Crippen LogP contribution in [0.25, 0.3) is 0 Å². The molecule has 0 bridgehead atoms. The van der Waals surface area contributed by atoms with Crippen molar-refractivity contribution in [2.75, 3.05) is 19.9 Å². The van der Waals surface area contributed by atoms with Crippen LogP contribution >= 0.6 is 7.26 Å². The molecule has 0 saturated heterocycles.